The Labute approximate surface area is 204 Å². The molecule has 0 radical (unpaired) electrons. The molecule has 0 bridgehead atoms. The quantitative estimate of drug-likeness (QED) is 0.522. The first-order valence-electron chi connectivity index (χ1n) is 11.5. The molecule has 184 valence electrons. The fraction of sp³-hybridized carbons (Fsp3) is 0.385. The van der Waals surface area contributed by atoms with Gasteiger partial charge in [0.25, 0.3) is 5.91 Å². The number of hydrogen-bond donors (Lipinski definition) is 1. The zero-order valence-electron chi connectivity index (χ0n) is 20.0. The zero-order valence-corrected chi connectivity index (χ0v) is 20.0. The van der Waals surface area contributed by atoms with Crippen molar-refractivity contribution in [2.75, 3.05) is 6.54 Å². The fourth-order valence-electron chi connectivity index (χ4n) is 4.31. The summed E-state index contributed by atoms with van der Waals surface area (Å²) in [6, 6.07) is 16.6. The number of carbonyl (C=O) groups is 4. The van der Waals surface area contributed by atoms with Crippen LogP contribution in [0.2, 0.25) is 0 Å². The predicted octanol–water partition coefficient (Wildman–Crippen LogP) is 3.23. The SMILES string of the molecule is CC(C)(C)OC(=O)[C@@H]1C[C@@]2(CN1C(=O)OCc1ccccc1)NC(=O)N(Cc1ccccc1)C2=O. The van der Waals surface area contributed by atoms with Gasteiger partial charge in [0, 0.05) is 6.42 Å². The van der Waals surface area contributed by atoms with E-state index in [-0.39, 0.29) is 26.1 Å². The Hall–Kier alpha value is -3.88. The van der Waals surface area contributed by atoms with Gasteiger partial charge in [-0.1, -0.05) is 60.7 Å². The van der Waals surface area contributed by atoms with Gasteiger partial charge in [0.05, 0.1) is 13.1 Å². The van der Waals surface area contributed by atoms with Crippen LogP contribution in [0.4, 0.5) is 9.59 Å². The molecule has 9 heteroatoms. The molecule has 0 unspecified atom stereocenters. The Bertz CT molecular complexity index is 1110. The van der Waals surface area contributed by atoms with Gasteiger partial charge in [-0.25, -0.2) is 14.4 Å². The van der Waals surface area contributed by atoms with Gasteiger partial charge in [-0.05, 0) is 31.9 Å². The Kier molecular flexibility index (Phi) is 6.51. The average Bonchev–Trinajstić information content (AvgIpc) is 3.31. The summed E-state index contributed by atoms with van der Waals surface area (Å²) in [4.78, 5) is 54.6. The van der Waals surface area contributed by atoms with Gasteiger partial charge in [0.15, 0.2) is 0 Å². The van der Waals surface area contributed by atoms with Gasteiger partial charge in [0.2, 0.25) is 0 Å². The van der Waals surface area contributed by atoms with E-state index in [1.54, 1.807) is 20.8 Å². The average molecular weight is 480 g/mol. The number of nitrogens with one attached hydrogen (secondary N) is 1. The van der Waals surface area contributed by atoms with Gasteiger partial charge in [-0.3, -0.25) is 14.6 Å². The van der Waals surface area contributed by atoms with Gasteiger partial charge in [-0.15, -0.1) is 0 Å². The molecule has 35 heavy (non-hydrogen) atoms. The van der Waals surface area contributed by atoms with E-state index in [0.717, 1.165) is 16.0 Å². The van der Waals surface area contributed by atoms with Crippen LogP contribution < -0.4 is 5.32 Å². The van der Waals surface area contributed by atoms with Crippen LogP contribution in [0, 0.1) is 0 Å². The summed E-state index contributed by atoms with van der Waals surface area (Å²) in [6.45, 7) is 5.06. The van der Waals surface area contributed by atoms with Crippen molar-refractivity contribution in [2.45, 2.75) is 57.5 Å². The molecule has 9 nitrogen and oxygen atoms in total. The van der Waals surface area contributed by atoms with Crippen LogP contribution in [0.1, 0.15) is 38.3 Å². The Morgan fingerprint density at radius 3 is 2.20 bits per heavy atom. The first-order chi connectivity index (χ1) is 16.6. The number of carbonyl (C=O) groups excluding carboxylic acids is 4. The lowest BCUT2D eigenvalue weighted by Crippen LogP contribution is -2.49. The summed E-state index contributed by atoms with van der Waals surface area (Å²) in [5.74, 6) is -1.15. The van der Waals surface area contributed by atoms with E-state index in [1.807, 2.05) is 60.7 Å². The summed E-state index contributed by atoms with van der Waals surface area (Å²) in [5, 5.41) is 2.74. The van der Waals surface area contributed by atoms with E-state index in [4.69, 9.17) is 9.47 Å². The number of esters is 1. The lowest BCUT2D eigenvalue weighted by molar-refractivity contribution is -0.159. The van der Waals surface area contributed by atoms with E-state index >= 15 is 0 Å². The van der Waals surface area contributed by atoms with Crippen LogP contribution in [-0.4, -0.2) is 57.5 Å². The van der Waals surface area contributed by atoms with Crippen LogP contribution in [0.5, 0.6) is 0 Å². The van der Waals surface area contributed by atoms with Crippen LogP contribution >= 0.6 is 0 Å². The topological polar surface area (TPSA) is 105 Å². The summed E-state index contributed by atoms with van der Waals surface area (Å²) < 4.78 is 11.0. The minimum Gasteiger partial charge on any atom is -0.458 e. The number of imide groups is 1. The third-order valence-electron chi connectivity index (χ3n) is 5.91. The second-order valence-corrected chi connectivity index (χ2v) is 9.81. The Morgan fingerprint density at radius 1 is 1.00 bits per heavy atom. The van der Waals surface area contributed by atoms with Crippen molar-refractivity contribution in [3.05, 3.63) is 71.8 Å². The number of hydrogen-bond acceptors (Lipinski definition) is 6. The first-order valence-corrected chi connectivity index (χ1v) is 11.5. The van der Waals surface area contributed by atoms with E-state index in [0.29, 0.717) is 0 Å². The maximum atomic E-state index is 13.5. The van der Waals surface area contributed by atoms with Crippen molar-refractivity contribution >= 4 is 24.0 Å². The highest BCUT2D eigenvalue weighted by Crippen LogP contribution is 2.35. The van der Waals surface area contributed by atoms with E-state index in [2.05, 4.69) is 5.32 Å². The lowest BCUT2D eigenvalue weighted by atomic mass is 9.95. The van der Waals surface area contributed by atoms with Crippen molar-refractivity contribution < 1.29 is 28.7 Å². The number of rotatable bonds is 5. The molecule has 1 N–H and O–H groups in total. The van der Waals surface area contributed by atoms with E-state index in [1.165, 1.54) is 4.90 Å². The summed E-state index contributed by atoms with van der Waals surface area (Å²) in [6.07, 6.45) is -0.858. The highest BCUT2D eigenvalue weighted by Gasteiger charge is 2.60. The molecule has 2 fully saturated rings. The molecule has 1 spiro atoms. The molecule has 0 saturated carbocycles. The van der Waals surface area contributed by atoms with Crippen LogP contribution in [-0.2, 0) is 32.2 Å². The molecular weight excluding hydrogens is 450 g/mol. The molecule has 0 aliphatic carbocycles. The van der Waals surface area contributed by atoms with E-state index < -0.39 is 41.2 Å². The van der Waals surface area contributed by atoms with Gasteiger partial charge in [0.1, 0.15) is 23.8 Å². The fourth-order valence-corrected chi connectivity index (χ4v) is 4.31. The summed E-state index contributed by atoms with van der Waals surface area (Å²) in [7, 11) is 0. The van der Waals surface area contributed by atoms with Crippen LogP contribution in [0.25, 0.3) is 0 Å². The van der Waals surface area contributed by atoms with Crippen LogP contribution in [0.3, 0.4) is 0 Å². The van der Waals surface area contributed by atoms with Gasteiger partial charge in [-0.2, -0.15) is 0 Å². The minimum absolute atomic E-state index is 0.00461. The number of nitrogens with zero attached hydrogens (tertiary/aromatic N) is 2. The van der Waals surface area contributed by atoms with Gasteiger partial charge >= 0.3 is 18.1 Å². The normalized spacial score (nSPS) is 21.9. The molecule has 2 saturated heterocycles. The van der Waals surface area contributed by atoms with Crippen molar-refractivity contribution in [3.8, 4) is 0 Å². The second-order valence-electron chi connectivity index (χ2n) is 9.81. The summed E-state index contributed by atoms with van der Waals surface area (Å²) >= 11 is 0. The smallest absolute Gasteiger partial charge is 0.410 e. The number of likely N-dealkylation sites (tertiary alicyclic amines) is 1. The maximum Gasteiger partial charge on any atom is 0.410 e. The maximum absolute atomic E-state index is 13.5. The molecule has 2 aliphatic heterocycles. The lowest BCUT2D eigenvalue weighted by Gasteiger charge is -2.26. The minimum atomic E-state index is -1.43. The molecule has 2 atom stereocenters. The summed E-state index contributed by atoms with van der Waals surface area (Å²) in [5.41, 5.74) is -0.662. The number of benzene rings is 2. The third kappa shape index (κ3) is 5.29. The third-order valence-corrected chi connectivity index (χ3v) is 5.91. The standard InChI is InChI=1S/C26H29N3O6/c1-25(2,3)35-21(30)20-14-26(17-29(20)24(33)34-16-19-12-8-5-9-13-19)22(31)28(23(32)27-26)15-18-10-6-4-7-11-18/h4-13,20H,14-17H2,1-3H3,(H,27,32)/t20-,26-/m0/s1. The number of amides is 4. The molecule has 2 aliphatic rings. The van der Waals surface area contributed by atoms with Crippen molar-refractivity contribution in [2.24, 2.45) is 0 Å². The molecule has 2 heterocycles. The van der Waals surface area contributed by atoms with Crippen molar-refractivity contribution in [1.29, 1.82) is 0 Å². The first kappa shape index (κ1) is 24.3. The zero-order chi connectivity index (χ0) is 25.2. The molecule has 2 aromatic rings. The molecule has 0 aromatic heterocycles. The second kappa shape index (κ2) is 9.40. The molecule has 4 rings (SSSR count). The highest BCUT2D eigenvalue weighted by molar-refractivity contribution is 6.08. The number of urea groups is 1. The van der Waals surface area contributed by atoms with Crippen LogP contribution in [0.15, 0.2) is 60.7 Å². The van der Waals surface area contributed by atoms with Gasteiger partial charge < -0.3 is 14.8 Å². The molecule has 4 amide bonds. The highest BCUT2D eigenvalue weighted by atomic mass is 16.6. The molecular formula is C26H29N3O6. The van der Waals surface area contributed by atoms with E-state index in [9.17, 15) is 19.2 Å². The number of ether oxygens (including phenoxy) is 2. The Morgan fingerprint density at radius 2 is 1.60 bits per heavy atom. The monoisotopic (exact) mass is 479 g/mol. The Balaban J connectivity index is 1.55. The van der Waals surface area contributed by atoms with Crippen molar-refractivity contribution in [1.82, 2.24) is 15.1 Å². The predicted molar refractivity (Wildman–Crippen MR) is 126 cm³/mol. The molecule has 2 aromatic carbocycles. The van der Waals surface area contributed by atoms with Crippen molar-refractivity contribution in [3.63, 3.8) is 0 Å². The largest absolute Gasteiger partial charge is 0.458 e.